The van der Waals surface area contributed by atoms with Gasteiger partial charge in [0, 0.05) is 6.42 Å². The van der Waals surface area contributed by atoms with E-state index < -0.39 is 0 Å². The Hall–Kier alpha value is -0.790. The van der Waals surface area contributed by atoms with E-state index in [-0.39, 0.29) is 0 Å². The molecule has 0 aliphatic rings. The van der Waals surface area contributed by atoms with Crippen LogP contribution in [0.5, 0.6) is 0 Å². The van der Waals surface area contributed by atoms with Gasteiger partial charge >= 0.3 is 0 Å². The van der Waals surface area contributed by atoms with Crippen LogP contribution >= 0.6 is 0 Å². The molecule has 0 aliphatic carbocycles. The highest BCUT2D eigenvalue weighted by Gasteiger charge is 2.09. The van der Waals surface area contributed by atoms with Gasteiger partial charge in [-0.2, -0.15) is 0 Å². The van der Waals surface area contributed by atoms with E-state index in [1.54, 1.807) is 0 Å². The largest absolute Gasteiger partial charge is 0.254 e. The van der Waals surface area contributed by atoms with Crippen molar-refractivity contribution in [3.05, 3.63) is 18.2 Å². The van der Waals surface area contributed by atoms with Gasteiger partial charge in [0.2, 0.25) is 0 Å². The summed E-state index contributed by atoms with van der Waals surface area (Å²) in [5.74, 6) is 1.45. The highest BCUT2D eigenvalue weighted by Crippen LogP contribution is 2.15. The zero-order valence-electron chi connectivity index (χ0n) is 27.9. The minimum atomic E-state index is 1.20. The smallest absolute Gasteiger partial charge is 0.248 e. The van der Waals surface area contributed by atoms with Crippen LogP contribution in [-0.4, -0.2) is 4.98 Å². The maximum absolute atomic E-state index is 3.52. The summed E-state index contributed by atoms with van der Waals surface area (Å²) >= 11 is 0. The Morgan fingerprint density at radius 2 is 0.700 bits per heavy atom. The first-order valence-electron chi connectivity index (χ1n) is 18.9. The molecule has 0 radical (unpaired) electrons. The van der Waals surface area contributed by atoms with Gasteiger partial charge in [0.15, 0.2) is 0 Å². The molecule has 40 heavy (non-hydrogen) atoms. The number of nitrogens with one attached hydrogen (secondary N) is 1. The minimum absolute atomic E-state index is 1.20. The molecule has 0 saturated heterocycles. The molecule has 2 heteroatoms. The highest BCUT2D eigenvalue weighted by atomic mass is 15.1. The zero-order chi connectivity index (χ0) is 28.6. The van der Waals surface area contributed by atoms with Gasteiger partial charge in [0.1, 0.15) is 12.4 Å². The van der Waals surface area contributed by atoms with Gasteiger partial charge in [-0.05, 0) is 19.3 Å². The van der Waals surface area contributed by atoms with Gasteiger partial charge in [0.25, 0.3) is 5.82 Å². The van der Waals surface area contributed by atoms with E-state index in [4.69, 9.17) is 0 Å². The molecule has 0 amide bonds. The summed E-state index contributed by atoms with van der Waals surface area (Å²) in [5, 5.41) is 0. The molecule has 0 aliphatic heterocycles. The number of aromatic nitrogens is 2. The minimum Gasteiger partial charge on any atom is -0.248 e. The number of nitrogens with zero attached hydrogens (tertiary/aromatic N) is 1. The van der Waals surface area contributed by atoms with Crippen LogP contribution in [0.25, 0.3) is 0 Å². The maximum Gasteiger partial charge on any atom is 0.254 e. The van der Waals surface area contributed by atoms with E-state index in [1.807, 2.05) is 0 Å². The molecular weight excluding hydrogens is 484 g/mol. The van der Waals surface area contributed by atoms with Crippen molar-refractivity contribution >= 4 is 0 Å². The van der Waals surface area contributed by atoms with Gasteiger partial charge in [-0.25, -0.2) is 9.55 Å². The van der Waals surface area contributed by atoms with E-state index in [0.29, 0.717) is 0 Å². The third kappa shape index (κ3) is 25.0. The Labute approximate surface area is 253 Å². The van der Waals surface area contributed by atoms with Crippen molar-refractivity contribution in [3.8, 4) is 0 Å². The second-order valence-electron chi connectivity index (χ2n) is 13.1. The lowest BCUT2D eigenvalue weighted by atomic mass is 10.0. The van der Waals surface area contributed by atoms with Gasteiger partial charge in [-0.15, -0.1) is 0 Å². The van der Waals surface area contributed by atoms with Crippen LogP contribution < -0.4 is 4.57 Å². The van der Waals surface area contributed by atoms with E-state index >= 15 is 0 Å². The molecule has 0 bridgehead atoms. The third-order valence-electron chi connectivity index (χ3n) is 9.12. The highest BCUT2D eigenvalue weighted by molar-refractivity contribution is 4.77. The fraction of sp³-hybridized carbons (Fsp3) is 0.921. The monoisotopic (exact) mass is 560 g/mol. The molecule has 1 aromatic rings. The first-order valence-corrected chi connectivity index (χ1v) is 18.9. The van der Waals surface area contributed by atoms with Crippen LogP contribution in [0.3, 0.4) is 0 Å². The second-order valence-corrected chi connectivity index (χ2v) is 13.1. The first kappa shape index (κ1) is 37.2. The summed E-state index contributed by atoms with van der Waals surface area (Å²) in [6, 6.07) is 0. The fourth-order valence-electron chi connectivity index (χ4n) is 6.32. The SMILES string of the molecule is CCCCCCCCCCCCCCCCCCc1[nH]cc[n+]1CCCCCCCCCCCCCCCCC. The van der Waals surface area contributed by atoms with Crippen molar-refractivity contribution in [2.75, 3.05) is 0 Å². The summed E-state index contributed by atoms with van der Waals surface area (Å²) in [6.07, 6.45) is 50.4. The molecule has 236 valence electrons. The van der Waals surface area contributed by atoms with E-state index in [9.17, 15) is 0 Å². The molecule has 1 N–H and O–H groups in total. The topological polar surface area (TPSA) is 19.7 Å². The van der Waals surface area contributed by atoms with Crippen LogP contribution in [0.4, 0.5) is 0 Å². The molecule has 0 unspecified atom stereocenters. The van der Waals surface area contributed by atoms with Gasteiger partial charge < -0.3 is 0 Å². The van der Waals surface area contributed by atoms with Crippen molar-refractivity contribution in [2.24, 2.45) is 0 Å². The van der Waals surface area contributed by atoms with Crippen LogP contribution in [0.15, 0.2) is 12.4 Å². The number of hydrogen-bond donors (Lipinski definition) is 1. The summed E-state index contributed by atoms with van der Waals surface area (Å²) in [5.41, 5.74) is 0. The number of aryl methyl sites for hydroxylation is 2. The predicted molar refractivity (Wildman–Crippen MR) is 179 cm³/mol. The van der Waals surface area contributed by atoms with Crippen LogP contribution in [0.1, 0.15) is 219 Å². The predicted octanol–water partition coefficient (Wildman–Crippen LogP) is 13.0. The molecule has 0 aromatic carbocycles. The van der Waals surface area contributed by atoms with Crippen molar-refractivity contribution in [1.29, 1.82) is 0 Å². The summed E-state index contributed by atoms with van der Waals surface area (Å²) in [4.78, 5) is 3.52. The molecular formula is C38H75N2+. The van der Waals surface area contributed by atoms with Crippen molar-refractivity contribution < 1.29 is 4.57 Å². The van der Waals surface area contributed by atoms with Crippen molar-refractivity contribution in [1.82, 2.24) is 4.98 Å². The van der Waals surface area contributed by atoms with Gasteiger partial charge in [0.05, 0.1) is 6.54 Å². The molecule has 0 saturated carbocycles. The average Bonchev–Trinajstić information content (AvgIpc) is 3.42. The zero-order valence-corrected chi connectivity index (χ0v) is 27.9. The van der Waals surface area contributed by atoms with Crippen LogP contribution in [0.2, 0.25) is 0 Å². The Bertz CT molecular complexity index is 592. The standard InChI is InChI=1S/C38H74N2/c1-3-5-7-9-11-13-15-17-19-20-22-24-26-28-30-32-34-38-39-35-37-40(38)36-33-31-29-27-25-23-21-18-16-14-12-10-8-6-4-2/h35,37H,3-34,36H2,1-2H3/p+1. The Kier molecular flexibility index (Phi) is 29.0. The third-order valence-corrected chi connectivity index (χ3v) is 9.12. The summed E-state index contributed by atoms with van der Waals surface area (Å²) in [7, 11) is 0. The van der Waals surface area contributed by atoms with Gasteiger partial charge in [-0.3, -0.25) is 0 Å². The molecule has 2 nitrogen and oxygen atoms in total. The molecule has 0 fully saturated rings. The molecule has 1 aromatic heterocycles. The average molecular weight is 560 g/mol. The first-order chi connectivity index (χ1) is 19.9. The Morgan fingerprint density at radius 1 is 0.400 bits per heavy atom. The number of aromatic amines is 1. The summed E-state index contributed by atoms with van der Waals surface area (Å²) < 4.78 is 2.49. The lowest BCUT2D eigenvalue weighted by Crippen LogP contribution is -2.36. The van der Waals surface area contributed by atoms with Crippen molar-refractivity contribution in [3.63, 3.8) is 0 Å². The molecule has 1 heterocycles. The van der Waals surface area contributed by atoms with Gasteiger partial charge in [-0.1, -0.05) is 194 Å². The quantitative estimate of drug-likeness (QED) is 0.0652. The Morgan fingerprint density at radius 3 is 1.05 bits per heavy atom. The molecule has 0 spiro atoms. The van der Waals surface area contributed by atoms with Crippen LogP contribution in [-0.2, 0) is 13.0 Å². The number of rotatable bonds is 33. The summed E-state index contributed by atoms with van der Waals surface area (Å²) in [6.45, 7) is 5.82. The number of imidazole rings is 1. The fourth-order valence-corrected chi connectivity index (χ4v) is 6.32. The maximum atomic E-state index is 3.52. The normalized spacial score (nSPS) is 11.6. The molecule has 1 rings (SSSR count). The lowest BCUT2D eigenvalue weighted by molar-refractivity contribution is -0.703. The van der Waals surface area contributed by atoms with E-state index in [2.05, 4.69) is 35.8 Å². The Balaban J connectivity index is 1.83. The lowest BCUT2D eigenvalue weighted by Gasteiger charge is -2.04. The molecule has 0 atom stereocenters. The van der Waals surface area contributed by atoms with Crippen molar-refractivity contribution in [2.45, 2.75) is 226 Å². The second kappa shape index (κ2) is 31.2. The number of unbranched alkanes of at least 4 members (excludes halogenated alkanes) is 29. The van der Waals surface area contributed by atoms with E-state index in [1.165, 1.54) is 218 Å². The number of H-pyrrole nitrogens is 1. The number of hydrogen-bond acceptors (Lipinski definition) is 0. The van der Waals surface area contributed by atoms with E-state index in [0.717, 1.165) is 0 Å². The van der Waals surface area contributed by atoms with Crippen LogP contribution in [0, 0.1) is 0 Å².